The van der Waals surface area contributed by atoms with Crippen molar-refractivity contribution >= 4 is 22.9 Å². The normalized spacial score (nSPS) is 5.83. The van der Waals surface area contributed by atoms with Gasteiger partial charge in [0, 0.05) is 11.6 Å². The number of thiophene rings is 1. The van der Waals surface area contributed by atoms with Gasteiger partial charge in [0.15, 0.2) is 0 Å². The molecule has 0 atom stereocenters. The highest BCUT2D eigenvalue weighted by molar-refractivity contribution is 7.07. The van der Waals surface area contributed by atoms with Gasteiger partial charge in [0.25, 0.3) is 0 Å². The van der Waals surface area contributed by atoms with Crippen LogP contribution in [0.1, 0.15) is 138 Å². The van der Waals surface area contributed by atoms with Crippen LogP contribution in [0.5, 0.6) is 0 Å². The predicted molar refractivity (Wildman–Crippen MR) is 222 cm³/mol. The van der Waals surface area contributed by atoms with E-state index in [1.165, 1.54) is 17.8 Å². The molecule has 0 amide bonds. The zero-order chi connectivity index (χ0) is 38.4. The highest BCUT2D eigenvalue weighted by atomic mass is 32.1. The molecule has 0 radical (unpaired) electrons. The Morgan fingerprint density at radius 2 is 0.717 bits per heavy atom. The molecule has 4 heterocycles. The summed E-state index contributed by atoms with van der Waals surface area (Å²) in [6, 6.07) is 23.3. The molecule has 0 aliphatic rings. The summed E-state index contributed by atoms with van der Waals surface area (Å²) in [7, 11) is 0. The molecule has 0 spiro atoms. The minimum atomic E-state index is 1.46. The van der Waals surface area contributed by atoms with Gasteiger partial charge in [0.2, 0.25) is 0 Å². The van der Waals surface area contributed by atoms with Gasteiger partial charge in [-0.1, -0.05) is 192 Å². The van der Waals surface area contributed by atoms with Gasteiger partial charge in [0.05, 0.1) is 18.7 Å². The van der Waals surface area contributed by atoms with Crippen LogP contribution in [-0.2, 0) is 0 Å². The molecule has 0 unspecified atom stereocenters. The number of furan rings is 1. The van der Waals surface area contributed by atoms with E-state index in [0.29, 0.717) is 0 Å². The molecule has 0 bridgehead atoms. The van der Waals surface area contributed by atoms with Crippen LogP contribution in [0, 0.1) is 0 Å². The summed E-state index contributed by atoms with van der Waals surface area (Å²) in [6.45, 7) is 40.0. The van der Waals surface area contributed by atoms with Crippen molar-refractivity contribution in [3.05, 3.63) is 120 Å². The second-order valence-electron chi connectivity index (χ2n) is 4.12. The van der Waals surface area contributed by atoms with Gasteiger partial charge in [-0.3, -0.25) is 0 Å². The van der Waals surface area contributed by atoms with Gasteiger partial charge in [-0.15, -0.1) is 0 Å². The molecule has 0 aliphatic carbocycles. The van der Waals surface area contributed by atoms with Crippen molar-refractivity contribution in [2.75, 3.05) is 0 Å². The van der Waals surface area contributed by atoms with Crippen LogP contribution in [0.4, 0.5) is 0 Å². The molecule has 46 heavy (non-hydrogen) atoms. The average molecular weight is 685 g/mol. The molecule has 0 saturated carbocycles. The first-order valence-corrected chi connectivity index (χ1v) is 19.4. The summed E-state index contributed by atoms with van der Waals surface area (Å²) in [5.74, 6) is 0. The number of hydrogen-bond donors (Lipinski definition) is 0. The molecule has 4 aromatic heterocycles. The highest BCUT2D eigenvalue weighted by Gasteiger charge is 1.61. The van der Waals surface area contributed by atoms with Crippen molar-refractivity contribution in [1.29, 1.82) is 0 Å². The van der Waals surface area contributed by atoms with E-state index in [9.17, 15) is 0 Å². The number of aromatic nitrogens is 2. The molecule has 4 nitrogen and oxygen atoms in total. The van der Waals surface area contributed by atoms with Gasteiger partial charge in [-0.25, -0.2) is 4.37 Å². The molecule has 0 saturated heterocycles. The minimum absolute atomic E-state index is 1.46. The lowest BCUT2D eigenvalue weighted by Gasteiger charge is -1.69. The number of nitrogens with zero attached hydrogens (tertiary/aromatic N) is 2. The highest BCUT2D eigenvalue weighted by Crippen LogP contribution is 1.91. The number of rotatable bonds is 0. The zero-order valence-electron chi connectivity index (χ0n) is 34.1. The lowest BCUT2D eigenvalue weighted by molar-refractivity contribution is 0.420. The Morgan fingerprint density at radius 1 is 0.348 bits per heavy atom. The maximum Gasteiger partial charge on any atom is 0.123 e. The third kappa shape index (κ3) is 124. The second-order valence-corrected chi connectivity index (χ2v) is 5.63. The van der Waals surface area contributed by atoms with Crippen LogP contribution >= 0.6 is 22.9 Å². The molecular formula is C40H80N2O2S2. The number of benzene rings is 1. The Labute approximate surface area is 298 Å². The van der Waals surface area contributed by atoms with Crippen molar-refractivity contribution in [3.8, 4) is 0 Å². The van der Waals surface area contributed by atoms with Crippen LogP contribution in [-0.4, -0.2) is 9.53 Å². The predicted octanol–water partition coefficient (Wildman–Crippen LogP) is 16.8. The summed E-state index contributed by atoms with van der Waals surface area (Å²) >= 11 is 3.18. The standard InChI is InChI=1S/C6H6.C4H4O.C4H4S.C3H3NO.C3H3NS.10C2H6/c1-2-4-6-5-3-1;4*1-2-4-5-3-1;10*1-2/h1-6H;2*1-4H;2*1-3H;10*1-2H3. The molecule has 0 N–H and O–H groups in total. The summed E-state index contributed by atoms with van der Waals surface area (Å²) in [4.78, 5) is 0. The Morgan fingerprint density at radius 3 is 0.826 bits per heavy atom. The Bertz CT molecular complexity index is 545. The van der Waals surface area contributed by atoms with Crippen molar-refractivity contribution in [1.82, 2.24) is 9.53 Å². The maximum absolute atomic E-state index is 4.58. The molecule has 5 aromatic rings. The molecule has 1 aromatic carbocycles. The van der Waals surface area contributed by atoms with Gasteiger partial charge in [0.1, 0.15) is 6.26 Å². The van der Waals surface area contributed by atoms with Crippen molar-refractivity contribution in [2.24, 2.45) is 0 Å². The number of hydrogen-bond acceptors (Lipinski definition) is 6. The summed E-state index contributed by atoms with van der Waals surface area (Å²) in [5, 5.41) is 9.36. The fourth-order valence-corrected chi connectivity index (χ4v) is 1.99. The second kappa shape index (κ2) is 133. The Balaban J connectivity index is -0.0000000389. The van der Waals surface area contributed by atoms with Crippen LogP contribution in [0.15, 0.2) is 129 Å². The van der Waals surface area contributed by atoms with Gasteiger partial charge < -0.3 is 8.94 Å². The minimum Gasteiger partial charge on any atom is -0.473 e. The molecule has 5 rings (SSSR count). The first-order valence-electron chi connectivity index (χ1n) is 17.6. The Kier molecular flexibility index (Phi) is 202. The lowest BCUT2D eigenvalue weighted by atomic mass is 10.4. The van der Waals surface area contributed by atoms with Crippen LogP contribution < -0.4 is 0 Å². The smallest absolute Gasteiger partial charge is 0.123 e. The maximum atomic E-state index is 4.58. The molecule has 274 valence electrons. The van der Waals surface area contributed by atoms with E-state index in [4.69, 9.17) is 0 Å². The van der Waals surface area contributed by atoms with Crippen molar-refractivity contribution in [3.63, 3.8) is 0 Å². The van der Waals surface area contributed by atoms with Gasteiger partial charge in [-0.2, -0.15) is 11.3 Å². The lowest BCUT2D eigenvalue weighted by Crippen LogP contribution is -1.47. The molecule has 0 aliphatic heterocycles. The Hall–Kier alpha value is -2.96. The van der Waals surface area contributed by atoms with E-state index in [2.05, 4.69) is 18.5 Å². The van der Waals surface area contributed by atoms with Crippen molar-refractivity contribution < 1.29 is 8.94 Å². The third-order valence-corrected chi connectivity index (χ3v) is 3.36. The van der Waals surface area contributed by atoms with Crippen LogP contribution in [0.3, 0.4) is 0 Å². The summed E-state index contributed by atoms with van der Waals surface area (Å²) in [6.07, 6.45) is 8.12. The van der Waals surface area contributed by atoms with Crippen molar-refractivity contribution in [2.45, 2.75) is 138 Å². The summed E-state index contributed by atoms with van der Waals surface area (Å²) in [5.41, 5.74) is 0. The molecular weight excluding hydrogens is 605 g/mol. The van der Waals surface area contributed by atoms with Crippen LogP contribution in [0.2, 0.25) is 0 Å². The van der Waals surface area contributed by atoms with E-state index < -0.39 is 0 Å². The van der Waals surface area contributed by atoms with Crippen LogP contribution in [0.25, 0.3) is 0 Å². The molecule has 6 heteroatoms. The average Bonchev–Trinajstić information content (AvgIpc) is 4.08. The quantitative estimate of drug-likeness (QED) is 0.163. The first-order chi connectivity index (χ1) is 23.0. The monoisotopic (exact) mass is 685 g/mol. The van der Waals surface area contributed by atoms with Gasteiger partial charge in [-0.05, 0) is 46.6 Å². The fraction of sp³-hybridized carbons (Fsp3) is 0.500. The van der Waals surface area contributed by atoms with Gasteiger partial charge >= 0.3 is 0 Å². The first kappa shape index (κ1) is 69.7. The molecule has 0 fully saturated rings. The SMILES string of the molecule is CC.CC.CC.CC.CC.CC.CC.CC.CC.CC.c1ccccc1.c1ccoc1.c1ccsc1.c1cnoc1.c1cnsc1. The third-order valence-electron chi connectivity index (χ3n) is 2.21. The van der Waals surface area contributed by atoms with E-state index in [1.807, 2.05) is 221 Å². The van der Waals surface area contributed by atoms with E-state index in [0.717, 1.165) is 0 Å². The fourth-order valence-electron chi connectivity index (χ4n) is 1.19. The van der Waals surface area contributed by atoms with E-state index in [-0.39, 0.29) is 0 Å². The van der Waals surface area contributed by atoms with E-state index in [1.54, 1.807) is 42.3 Å². The zero-order valence-corrected chi connectivity index (χ0v) is 35.7. The largest absolute Gasteiger partial charge is 0.473 e. The topological polar surface area (TPSA) is 52.1 Å². The van der Waals surface area contributed by atoms with E-state index >= 15 is 0 Å². The summed E-state index contributed by atoms with van der Waals surface area (Å²) < 4.78 is 12.7.